The number of amides is 2. The molecular formula is C19H15Cl2N3O5S. The Hall–Kier alpha value is -2.88. The lowest BCUT2D eigenvalue weighted by atomic mass is 10.2. The molecule has 30 heavy (non-hydrogen) atoms. The van der Waals surface area contributed by atoms with Crippen LogP contribution in [0.4, 0.5) is 0 Å². The highest BCUT2D eigenvalue weighted by atomic mass is 35.5. The highest BCUT2D eigenvalue weighted by molar-refractivity contribution is 7.12. The molecule has 0 atom stereocenters. The Balaban J connectivity index is 1.52. The monoisotopic (exact) mass is 467 g/mol. The predicted octanol–water partition coefficient (Wildman–Crippen LogP) is 3.29. The first kappa shape index (κ1) is 21.8. The second-order valence-electron chi connectivity index (χ2n) is 5.95. The van der Waals surface area contributed by atoms with Gasteiger partial charge in [-0.15, -0.1) is 11.3 Å². The lowest BCUT2D eigenvalue weighted by Gasteiger charge is -2.12. The minimum Gasteiger partial charge on any atom is -0.478 e. The number of fused-ring (bicyclic) bond motifs is 1. The Morgan fingerprint density at radius 3 is 2.63 bits per heavy atom. The maximum atomic E-state index is 11.9. The van der Waals surface area contributed by atoms with E-state index in [-0.39, 0.29) is 10.8 Å². The van der Waals surface area contributed by atoms with Gasteiger partial charge in [-0.05, 0) is 36.6 Å². The molecule has 2 N–H and O–H groups in total. The molecule has 0 aliphatic rings. The molecule has 2 aromatic heterocycles. The normalized spacial score (nSPS) is 10.5. The van der Waals surface area contributed by atoms with Crippen LogP contribution in [0.25, 0.3) is 10.9 Å². The molecule has 156 valence electrons. The number of hydrazine groups is 1. The van der Waals surface area contributed by atoms with E-state index >= 15 is 0 Å². The molecule has 0 aliphatic heterocycles. The van der Waals surface area contributed by atoms with Crippen molar-refractivity contribution in [3.05, 3.63) is 56.3 Å². The summed E-state index contributed by atoms with van der Waals surface area (Å²) in [7, 11) is 0. The maximum absolute atomic E-state index is 11.9. The van der Waals surface area contributed by atoms with Crippen LogP contribution in [-0.4, -0.2) is 36.0 Å². The number of pyridine rings is 1. The van der Waals surface area contributed by atoms with Crippen molar-refractivity contribution in [1.29, 1.82) is 0 Å². The number of carbonyl (C=O) groups is 3. The molecule has 0 saturated carbocycles. The second kappa shape index (κ2) is 9.75. The summed E-state index contributed by atoms with van der Waals surface area (Å²) in [5, 5.41) is 2.94. The fourth-order valence-corrected chi connectivity index (χ4v) is 3.57. The summed E-state index contributed by atoms with van der Waals surface area (Å²) in [6.07, 6.45) is 0. The molecule has 0 aliphatic carbocycles. The zero-order chi connectivity index (χ0) is 21.7. The fraction of sp³-hybridized carbons (Fsp3) is 0.158. The highest BCUT2D eigenvalue weighted by Gasteiger charge is 2.16. The summed E-state index contributed by atoms with van der Waals surface area (Å²) >= 11 is 13.6. The van der Waals surface area contributed by atoms with Crippen molar-refractivity contribution >= 4 is 63.2 Å². The number of thiophene rings is 1. The molecule has 8 nitrogen and oxygen atoms in total. The van der Waals surface area contributed by atoms with Crippen LogP contribution in [0, 0.1) is 6.92 Å². The van der Waals surface area contributed by atoms with Gasteiger partial charge in [0.1, 0.15) is 5.52 Å². The Morgan fingerprint density at radius 1 is 1.10 bits per heavy atom. The number of hydrogen-bond acceptors (Lipinski definition) is 7. The molecule has 1 aromatic carbocycles. The van der Waals surface area contributed by atoms with Gasteiger partial charge in [0.2, 0.25) is 0 Å². The first-order valence-electron chi connectivity index (χ1n) is 8.51. The highest BCUT2D eigenvalue weighted by Crippen LogP contribution is 2.37. The van der Waals surface area contributed by atoms with Gasteiger partial charge in [0.05, 0.1) is 14.9 Å². The molecule has 0 radical (unpaired) electrons. The topological polar surface area (TPSA) is 107 Å². The van der Waals surface area contributed by atoms with Gasteiger partial charge in [0.25, 0.3) is 11.8 Å². The zero-order valence-electron chi connectivity index (χ0n) is 15.5. The Bertz CT molecular complexity index is 1110. The van der Waals surface area contributed by atoms with E-state index in [9.17, 15) is 14.4 Å². The summed E-state index contributed by atoms with van der Waals surface area (Å²) in [4.78, 5) is 40.2. The van der Waals surface area contributed by atoms with E-state index in [1.807, 2.05) is 0 Å². The molecular weight excluding hydrogens is 453 g/mol. The van der Waals surface area contributed by atoms with Crippen LogP contribution in [-0.2, 0) is 14.3 Å². The number of hydrogen-bond donors (Lipinski definition) is 2. The van der Waals surface area contributed by atoms with Crippen molar-refractivity contribution in [3.8, 4) is 5.75 Å². The van der Waals surface area contributed by atoms with Crippen molar-refractivity contribution < 1.29 is 23.9 Å². The minimum absolute atomic E-state index is 0.185. The third-order valence-corrected chi connectivity index (χ3v) is 5.20. The van der Waals surface area contributed by atoms with Crippen LogP contribution in [0.5, 0.6) is 5.75 Å². The lowest BCUT2D eigenvalue weighted by Crippen LogP contribution is -2.43. The van der Waals surface area contributed by atoms with E-state index in [4.69, 9.17) is 32.7 Å². The van der Waals surface area contributed by atoms with E-state index in [0.717, 1.165) is 5.69 Å². The summed E-state index contributed by atoms with van der Waals surface area (Å²) in [6.45, 7) is 0.697. The number of aromatic nitrogens is 1. The average molecular weight is 468 g/mol. The number of carbonyl (C=O) groups excluding carboxylic acids is 3. The first-order valence-corrected chi connectivity index (χ1v) is 10.1. The summed E-state index contributed by atoms with van der Waals surface area (Å²) < 4.78 is 10.3. The second-order valence-corrected chi connectivity index (χ2v) is 7.71. The lowest BCUT2D eigenvalue weighted by molar-refractivity contribution is -0.150. The largest absolute Gasteiger partial charge is 0.478 e. The van der Waals surface area contributed by atoms with E-state index in [0.29, 0.717) is 20.8 Å². The summed E-state index contributed by atoms with van der Waals surface area (Å²) in [5.74, 6) is -1.80. The van der Waals surface area contributed by atoms with Crippen molar-refractivity contribution in [2.75, 3.05) is 13.2 Å². The Morgan fingerprint density at radius 2 is 1.90 bits per heavy atom. The van der Waals surface area contributed by atoms with Gasteiger partial charge in [-0.3, -0.25) is 20.4 Å². The van der Waals surface area contributed by atoms with Crippen molar-refractivity contribution in [2.24, 2.45) is 0 Å². The molecule has 0 fully saturated rings. The standard InChI is InChI=1S/C19H15Cl2N3O5S/c1-10-4-5-11-12(20)7-13(21)18(17(11)22-10)29-9-16(26)28-8-15(25)23-24-19(27)14-3-2-6-30-14/h2-7H,8-9H2,1H3,(H,23,25)(H,24,27). The molecule has 0 bridgehead atoms. The van der Waals surface area contributed by atoms with Gasteiger partial charge >= 0.3 is 5.97 Å². The number of ether oxygens (including phenoxy) is 2. The van der Waals surface area contributed by atoms with Crippen LogP contribution in [0.15, 0.2) is 35.7 Å². The van der Waals surface area contributed by atoms with Crippen molar-refractivity contribution in [1.82, 2.24) is 15.8 Å². The van der Waals surface area contributed by atoms with E-state index in [1.165, 1.54) is 17.4 Å². The average Bonchev–Trinajstić information content (AvgIpc) is 3.25. The van der Waals surface area contributed by atoms with Gasteiger partial charge in [-0.25, -0.2) is 9.78 Å². The van der Waals surface area contributed by atoms with Crippen molar-refractivity contribution in [2.45, 2.75) is 6.92 Å². The smallest absolute Gasteiger partial charge is 0.344 e. The van der Waals surface area contributed by atoms with Crippen LogP contribution in [0.2, 0.25) is 10.0 Å². The van der Waals surface area contributed by atoms with E-state index < -0.39 is 31.0 Å². The third kappa shape index (κ3) is 5.38. The molecule has 3 rings (SSSR count). The first-order chi connectivity index (χ1) is 14.3. The minimum atomic E-state index is -0.804. The van der Waals surface area contributed by atoms with E-state index in [1.54, 1.807) is 36.6 Å². The molecule has 3 aromatic rings. The van der Waals surface area contributed by atoms with Gasteiger partial charge < -0.3 is 9.47 Å². The Kier molecular flexibility index (Phi) is 7.09. The van der Waals surface area contributed by atoms with Gasteiger partial charge in [-0.1, -0.05) is 29.3 Å². The van der Waals surface area contributed by atoms with E-state index in [2.05, 4.69) is 15.8 Å². The van der Waals surface area contributed by atoms with Gasteiger partial charge in [0.15, 0.2) is 19.0 Å². The number of rotatable bonds is 6. The van der Waals surface area contributed by atoms with Crippen molar-refractivity contribution in [3.63, 3.8) is 0 Å². The SMILES string of the molecule is Cc1ccc2c(Cl)cc(Cl)c(OCC(=O)OCC(=O)NNC(=O)c3cccs3)c2n1. The van der Waals surface area contributed by atoms with Gasteiger partial charge in [-0.2, -0.15) is 0 Å². The molecule has 11 heteroatoms. The number of nitrogens with one attached hydrogen (secondary N) is 2. The molecule has 2 heterocycles. The molecule has 0 unspecified atom stereocenters. The van der Waals surface area contributed by atoms with Crippen LogP contribution in [0.1, 0.15) is 15.4 Å². The van der Waals surface area contributed by atoms with Crippen LogP contribution in [0.3, 0.4) is 0 Å². The predicted molar refractivity (Wildman–Crippen MR) is 113 cm³/mol. The molecule has 2 amide bonds. The summed E-state index contributed by atoms with van der Waals surface area (Å²) in [6, 6.07) is 8.36. The number of nitrogens with zero attached hydrogens (tertiary/aromatic N) is 1. The number of halogens is 2. The Labute approximate surface area is 185 Å². The maximum Gasteiger partial charge on any atom is 0.344 e. The van der Waals surface area contributed by atoms with Crippen LogP contribution < -0.4 is 15.6 Å². The third-order valence-electron chi connectivity index (χ3n) is 3.74. The number of aryl methyl sites for hydroxylation is 1. The molecule has 0 saturated heterocycles. The zero-order valence-corrected chi connectivity index (χ0v) is 17.9. The number of benzene rings is 1. The quantitative estimate of drug-likeness (QED) is 0.425. The van der Waals surface area contributed by atoms with Gasteiger partial charge in [0, 0.05) is 11.1 Å². The molecule has 0 spiro atoms. The fourth-order valence-electron chi connectivity index (χ4n) is 2.38. The number of esters is 1. The summed E-state index contributed by atoms with van der Waals surface area (Å²) in [5.41, 5.74) is 5.49. The van der Waals surface area contributed by atoms with Crippen LogP contribution >= 0.6 is 34.5 Å².